The minimum absolute atomic E-state index is 0.0793. The third kappa shape index (κ3) is 2.25. The van der Waals surface area contributed by atoms with E-state index < -0.39 is 0 Å². The van der Waals surface area contributed by atoms with Gasteiger partial charge in [0.25, 0.3) is 0 Å². The van der Waals surface area contributed by atoms with Crippen LogP contribution in [0.4, 0.5) is 0 Å². The molecule has 18 heavy (non-hydrogen) atoms. The lowest BCUT2D eigenvalue weighted by molar-refractivity contribution is 0.0736. The second-order valence-electron chi connectivity index (χ2n) is 5.36. The van der Waals surface area contributed by atoms with Crippen LogP contribution in [0.1, 0.15) is 24.5 Å². The maximum Gasteiger partial charge on any atom is 0.138 e. The predicted molar refractivity (Wildman–Crippen MR) is 71.0 cm³/mol. The molecule has 1 saturated heterocycles. The molecule has 1 aromatic rings. The van der Waals surface area contributed by atoms with Gasteiger partial charge in [-0.2, -0.15) is 0 Å². The van der Waals surface area contributed by atoms with Crippen molar-refractivity contribution in [2.24, 2.45) is 0 Å². The number of β-amino-alcohol motifs (C(OH)–C–C–N with tert-alkyl or cyclic N) is 1. The van der Waals surface area contributed by atoms with Crippen LogP contribution in [-0.2, 0) is 12.8 Å². The largest absolute Gasteiger partial charge is 0.486 e. The van der Waals surface area contributed by atoms with Crippen molar-refractivity contribution < 1.29 is 9.84 Å². The number of likely N-dealkylation sites (N-methyl/N-ethyl adjacent to an activating group) is 1. The molecule has 0 radical (unpaired) electrons. The maximum absolute atomic E-state index is 9.98. The summed E-state index contributed by atoms with van der Waals surface area (Å²) in [4.78, 5) is 2.22. The van der Waals surface area contributed by atoms with Crippen LogP contribution in [0.5, 0.6) is 5.75 Å². The van der Waals surface area contributed by atoms with Gasteiger partial charge in [-0.25, -0.2) is 0 Å². The molecule has 0 aromatic heterocycles. The first-order valence-electron chi connectivity index (χ1n) is 6.95. The van der Waals surface area contributed by atoms with E-state index in [1.165, 1.54) is 30.4 Å². The van der Waals surface area contributed by atoms with Gasteiger partial charge in [0.1, 0.15) is 18.0 Å². The van der Waals surface area contributed by atoms with E-state index in [4.69, 9.17) is 4.74 Å². The summed E-state index contributed by atoms with van der Waals surface area (Å²) in [7, 11) is 0. The van der Waals surface area contributed by atoms with Crippen LogP contribution in [0, 0.1) is 0 Å². The van der Waals surface area contributed by atoms with Crippen LogP contribution in [0.15, 0.2) is 18.2 Å². The number of aryl methyl sites for hydroxylation is 2. The Morgan fingerprint density at radius 1 is 1.28 bits per heavy atom. The lowest BCUT2D eigenvalue weighted by Crippen LogP contribution is -2.30. The lowest BCUT2D eigenvalue weighted by atomic mass is 10.1. The van der Waals surface area contributed by atoms with Crippen molar-refractivity contribution in [3.8, 4) is 5.75 Å². The number of ether oxygens (including phenoxy) is 1. The van der Waals surface area contributed by atoms with Crippen molar-refractivity contribution in [2.75, 3.05) is 19.6 Å². The third-order valence-electron chi connectivity index (χ3n) is 4.12. The van der Waals surface area contributed by atoms with Crippen LogP contribution in [0.2, 0.25) is 0 Å². The average molecular weight is 247 g/mol. The van der Waals surface area contributed by atoms with Gasteiger partial charge in [0.05, 0.1) is 0 Å². The van der Waals surface area contributed by atoms with Crippen LogP contribution in [0.25, 0.3) is 0 Å². The fraction of sp³-hybridized carbons (Fsp3) is 0.600. The summed E-state index contributed by atoms with van der Waals surface area (Å²) in [6.07, 6.45) is 3.18. The molecule has 0 amide bonds. The highest BCUT2D eigenvalue weighted by molar-refractivity contribution is 5.38. The monoisotopic (exact) mass is 247 g/mol. The first-order valence-corrected chi connectivity index (χ1v) is 6.95. The van der Waals surface area contributed by atoms with Gasteiger partial charge in [0.2, 0.25) is 0 Å². The Labute approximate surface area is 108 Å². The van der Waals surface area contributed by atoms with Crippen molar-refractivity contribution in [1.29, 1.82) is 0 Å². The molecule has 1 fully saturated rings. The number of nitrogens with zero attached hydrogens (tertiary/aromatic N) is 1. The van der Waals surface area contributed by atoms with Crippen molar-refractivity contribution in [2.45, 2.75) is 38.4 Å². The molecule has 3 rings (SSSR count). The van der Waals surface area contributed by atoms with Crippen molar-refractivity contribution in [3.63, 3.8) is 0 Å². The highest BCUT2D eigenvalue weighted by atomic mass is 16.5. The molecule has 2 unspecified atom stereocenters. The zero-order valence-electron chi connectivity index (χ0n) is 10.9. The number of hydrogen-bond acceptors (Lipinski definition) is 3. The lowest BCUT2D eigenvalue weighted by Gasteiger charge is -2.17. The second-order valence-corrected chi connectivity index (χ2v) is 5.36. The van der Waals surface area contributed by atoms with E-state index in [1.807, 2.05) is 6.07 Å². The van der Waals surface area contributed by atoms with Crippen molar-refractivity contribution >= 4 is 0 Å². The Bertz CT molecular complexity index is 433. The van der Waals surface area contributed by atoms with Gasteiger partial charge in [-0.15, -0.1) is 0 Å². The molecule has 2 atom stereocenters. The fourth-order valence-electron chi connectivity index (χ4n) is 3.00. The van der Waals surface area contributed by atoms with E-state index in [2.05, 4.69) is 24.0 Å². The molecule has 98 valence electrons. The Hall–Kier alpha value is -1.06. The minimum Gasteiger partial charge on any atom is -0.486 e. The molecule has 0 spiro atoms. The number of likely N-dealkylation sites (tertiary alicyclic amines) is 1. The van der Waals surface area contributed by atoms with Gasteiger partial charge in [-0.3, -0.25) is 4.90 Å². The van der Waals surface area contributed by atoms with E-state index in [9.17, 15) is 5.11 Å². The summed E-state index contributed by atoms with van der Waals surface area (Å²) in [6, 6.07) is 6.38. The Morgan fingerprint density at radius 3 is 2.89 bits per heavy atom. The van der Waals surface area contributed by atoms with E-state index in [1.54, 1.807) is 0 Å². The SMILES string of the molecule is CCN1CC(O)C(Oc2ccc3c(c2)CCC3)C1. The molecule has 1 N–H and O–H groups in total. The molecule has 1 heterocycles. The zero-order chi connectivity index (χ0) is 12.5. The molecule has 1 aliphatic carbocycles. The normalized spacial score (nSPS) is 27.4. The molecule has 3 nitrogen and oxygen atoms in total. The van der Waals surface area contributed by atoms with Crippen LogP contribution in [-0.4, -0.2) is 41.8 Å². The topological polar surface area (TPSA) is 32.7 Å². The zero-order valence-corrected chi connectivity index (χ0v) is 10.9. The molecule has 2 aliphatic rings. The number of fused-ring (bicyclic) bond motifs is 1. The molecule has 1 aliphatic heterocycles. The van der Waals surface area contributed by atoms with Gasteiger partial charge in [-0.05, 0) is 49.1 Å². The minimum atomic E-state index is -0.363. The van der Waals surface area contributed by atoms with Crippen LogP contribution < -0.4 is 4.74 Å². The first-order chi connectivity index (χ1) is 8.76. The first kappa shape index (κ1) is 12.0. The smallest absolute Gasteiger partial charge is 0.138 e. The molecule has 1 aromatic carbocycles. The standard InChI is InChI=1S/C15H21NO2/c1-2-16-9-14(17)15(10-16)18-13-7-6-11-4-3-5-12(11)8-13/h6-8,14-15,17H,2-5,9-10H2,1H3. The molecule has 3 heteroatoms. The highest BCUT2D eigenvalue weighted by Crippen LogP contribution is 2.27. The molecular formula is C15H21NO2. The van der Waals surface area contributed by atoms with Crippen molar-refractivity contribution in [3.05, 3.63) is 29.3 Å². The fourth-order valence-corrected chi connectivity index (χ4v) is 3.00. The molecular weight excluding hydrogens is 226 g/mol. The van der Waals surface area contributed by atoms with Gasteiger partial charge < -0.3 is 9.84 Å². The van der Waals surface area contributed by atoms with Crippen LogP contribution >= 0.6 is 0 Å². The summed E-state index contributed by atoms with van der Waals surface area (Å²) in [5.41, 5.74) is 2.89. The van der Waals surface area contributed by atoms with Gasteiger partial charge in [-0.1, -0.05) is 13.0 Å². The Kier molecular flexibility index (Phi) is 3.27. The Morgan fingerprint density at radius 2 is 2.11 bits per heavy atom. The average Bonchev–Trinajstić information content (AvgIpc) is 2.96. The van der Waals surface area contributed by atoms with E-state index >= 15 is 0 Å². The summed E-state index contributed by atoms with van der Waals surface area (Å²) in [6.45, 7) is 4.65. The van der Waals surface area contributed by atoms with E-state index in [-0.39, 0.29) is 12.2 Å². The number of aliphatic hydroxyl groups is 1. The van der Waals surface area contributed by atoms with Gasteiger partial charge in [0.15, 0.2) is 0 Å². The van der Waals surface area contributed by atoms with Gasteiger partial charge in [0, 0.05) is 13.1 Å². The van der Waals surface area contributed by atoms with Gasteiger partial charge >= 0.3 is 0 Å². The van der Waals surface area contributed by atoms with Crippen molar-refractivity contribution in [1.82, 2.24) is 4.90 Å². The molecule has 0 saturated carbocycles. The number of aliphatic hydroxyl groups excluding tert-OH is 1. The highest BCUT2D eigenvalue weighted by Gasteiger charge is 2.32. The van der Waals surface area contributed by atoms with E-state index in [0.29, 0.717) is 0 Å². The van der Waals surface area contributed by atoms with Crippen LogP contribution in [0.3, 0.4) is 0 Å². The summed E-state index contributed by atoms with van der Waals surface area (Å²) < 4.78 is 5.95. The number of benzene rings is 1. The number of hydrogen-bond donors (Lipinski definition) is 1. The maximum atomic E-state index is 9.98. The summed E-state index contributed by atoms with van der Waals surface area (Å²) >= 11 is 0. The number of rotatable bonds is 3. The quantitative estimate of drug-likeness (QED) is 0.881. The summed E-state index contributed by atoms with van der Waals surface area (Å²) in [5, 5.41) is 9.98. The predicted octanol–water partition coefficient (Wildman–Crippen LogP) is 1.62. The molecule has 0 bridgehead atoms. The Balaban J connectivity index is 1.69. The third-order valence-corrected chi connectivity index (χ3v) is 4.12. The second kappa shape index (κ2) is 4.90. The van der Waals surface area contributed by atoms with E-state index in [0.717, 1.165) is 25.4 Å². The summed E-state index contributed by atoms with van der Waals surface area (Å²) in [5.74, 6) is 0.914.